The molecule has 4 rings (SSSR count). The molecule has 128 valence electrons. The van der Waals surface area contributed by atoms with E-state index in [1.165, 1.54) is 6.33 Å². The molecule has 0 fully saturated rings. The number of benzene rings is 2. The number of hydrazone groups is 1. The highest BCUT2D eigenvalue weighted by Gasteiger charge is 2.12. The number of hydrogen-bond acceptors (Lipinski definition) is 5. The summed E-state index contributed by atoms with van der Waals surface area (Å²) < 4.78 is 0. The van der Waals surface area contributed by atoms with Crippen LogP contribution in [0, 0.1) is 0 Å². The van der Waals surface area contributed by atoms with Crippen molar-refractivity contribution in [2.24, 2.45) is 5.10 Å². The van der Waals surface area contributed by atoms with Crippen molar-refractivity contribution in [1.29, 1.82) is 0 Å². The van der Waals surface area contributed by atoms with Crippen LogP contribution in [0.25, 0.3) is 21.3 Å². The van der Waals surface area contributed by atoms with E-state index in [1.807, 2.05) is 48.5 Å². The molecule has 0 amide bonds. The maximum atomic E-state index is 6.00. The Kier molecular flexibility index (Phi) is 4.84. The number of nitrogens with zero attached hydrogens (tertiary/aromatic N) is 3. The number of nitrogens with one attached hydrogen (secondary N) is 1. The number of fused-ring (bicyclic) bond motifs is 1. The molecule has 4 nitrogen and oxygen atoms in total. The van der Waals surface area contributed by atoms with E-state index in [9.17, 15) is 0 Å². The van der Waals surface area contributed by atoms with Crippen LogP contribution in [0.3, 0.4) is 0 Å². The van der Waals surface area contributed by atoms with Crippen LogP contribution in [0.2, 0.25) is 10.0 Å². The normalized spacial score (nSPS) is 11.3. The van der Waals surface area contributed by atoms with Gasteiger partial charge in [-0.05, 0) is 35.4 Å². The Bertz CT molecular complexity index is 1070. The molecule has 0 radical (unpaired) electrons. The van der Waals surface area contributed by atoms with Gasteiger partial charge in [0.25, 0.3) is 0 Å². The third-order valence-corrected chi connectivity index (χ3v) is 5.17. The van der Waals surface area contributed by atoms with Crippen molar-refractivity contribution in [2.45, 2.75) is 0 Å². The number of rotatable bonds is 4. The molecule has 2 aromatic heterocycles. The summed E-state index contributed by atoms with van der Waals surface area (Å²) in [6.07, 6.45) is 3.25. The maximum absolute atomic E-state index is 6.00. The van der Waals surface area contributed by atoms with Crippen LogP contribution < -0.4 is 5.43 Å². The molecule has 0 bridgehead atoms. The minimum atomic E-state index is 0.659. The van der Waals surface area contributed by atoms with Gasteiger partial charge in [-0.1, -0.05) is 47.5 Å². The molecule has 26 heavy (non-hydrogen) atoms. The Morgan fingerprint density at radius 3 is 2.35 bits per heavy atom. The summed E-state index contributed by atoms with van der Waals surface area (Å²) in [5, 5.41) is 8.70. The van der Waals surface area contributed by atoms with Gasteiger partial charge in [0.15, 0.2) is 5.82 Å². The largest absolute Gasteiger partial charge is 0.261 e. The zero-order chi connectivity index (χ0) is 17.9. The molecule has 0 aliphatic rings. The highest BCUT2D eigenvalue weighted by Crippen LogP contribution is 2.36. The smallest absolute Gasteiger partial charge is 0.159 e. The van der Waals surface area contributed by atoms with Crippen LogP contribution in [0.1, 0.15) is 5.56 Å². The van der Waals surface area contributed by atoms with Crippen LogP contribution in [-0.2, 0) is 0 Å². The summed E-state index contributed by atoms with van der Waals surface area (Å²) in [7, 11) is 0. The van der Waals surface area contributed by atoms with Crippen molar-refractivity contribution in [2.75, 3.05) is 5.43 Å². The Labute approximate surface area is 164 Å². The number of halogens is 2. The van der Waals surface area contributed by atoms with E-state index in [2.05, 4.69) is 25.9 Å². The van der Waals surface area contributed by atoms with Gasteiger partial charge < -0.3 is 0 Å². The fourth-order valence-electron chi connectivity index (χ4n) is 2.52. The molecule has 0 spiro atoms. The average molecular weight is 399 g/mol. The van der Waals surface area contributed by atoms with Gasteiger partial charge in [-0.25, -0.2) is 9.97 Å². The van der Waals surface area contributed by atoms with Crippen molar-refractivity contribution in [1.82, 2.24) is 9.97 Å². The highest BCUT2D eigenvalue weighted by atomic mass is 35.5. The van der Waals surface area contributed by atoms with Gasteiger partial charge >= 0.3 is 0 Å². The van der Waals surface area contributed by atoms with Crippen LogP contribution in [0.4, 0.5) is 5.82 Å². The fourth-order valence-corrected chi connectivity index (χ4v) is 3.69. The van der Waals surface area contributed by atoms with Crippen LogP contribution >= 0.6 is 34.5 Å². The first-order valence-electron chi connectivity index (χ1n) is 7.73. The third kappa shape index (κ3) is 3.55. The SMILES string of the molecule is Clc1ccc(/C=N/Nc2ncnc3scc(-c4ccc(Cl)cc4)c23)cc1. The lowest BCUT2D eigenvalue weighted by molar-refractivity contribution is 1.19. The van der Waals surface area contributed by atoms with Crippen LogP contribution in [0.5, 0.6) is 0 Å². The Balaban J connectivity index is 1.67. The first-order chi connectivity index (χ1) is 12.7. The van der Waals surface area contributed by atoms with E-state index in [0.29, 0.717) is 15.9 Å². The van der Waals surface area contributed by atoms with Gasteiger partial charge in [0.1, 0.15) is 11.2 Å². The van der Waals surface area contributed by atoms with E-state index >= 15 is 0 Å². The van der Waals surface area contributed by atoms with Crippen molar-refractivity contribution >= 4 is 56.8 Å². The van der Waals surface area contributed by atoms with Crippen LogP contribution in [-0.4, -0.2) is 16.2 Å². The summed E-state index contributed by atoms with van der Waals surface area (Å²) in [5.74, 6) is 0.659. The summed E-state index contributed by atoms with van der Waals surface area (Å²) in [4.78, 5) is 9.61. The molecule has 4 aromatic rings. The standard InChI is InChI=1S/C19H12Cl2N4S/c20-14-5-1-12(2-6-14)9-24-25-18-17-16(10-26-19(17)23-11-22-18)13-3-7-15(21)8-4-13/h1-11H,(H,22,23,25)/b24-9+. The number of hydrogen-bond donors (Lipinski definition) is 1. The zero-order valence-corrected chi connectivity index (χ0v) is 15.7. The highest BCUT2D eigenvalue weighted by molar-refractivity contribution is 7.17. The summed E-state index contributed by atoms with van der Waals surface area (Å²) in [5.41, 5.74) is 6.07. The van der Waals surface area contributed by atoms with E-state index in [1.54, 1.807) is 17.6 Å². The van der Waals surface area contributed by atoms with Gasteiger partial charge in [-0.3, -0.25) is 5.43 Å². The minimum absolute atomic E-state index is 0.659. The lowest BCUT2D eigenvalue weighted by atomic mass is 10.1. The Hall–Kier alpha value is -2.47. The Morgan fingerprint density at radius 2 is 1.62 bits per heavy atom. The second-order valence-corrected chi connectivity index (χ2v) is 7.21. The lowest BCUT2D eigenvalue weighted by Crippen LogP contribution is -1.95. The van der Waals surface area contributed by atoms with Gasteiger partial charge in [0.2, 0.25) is 0 Å². The Morgan fingerprint density at radius 1 is 0.923 bits per heavy atom. The van der Waals surface area contributed by atoms with Crippen molar-refractivity contribution in [3.8, 4) is 11.1 Å². The second kappa shape index (κ2) is 7.41. The van der Waals surface area contributed by atoms with Gasteiger partial charge in [0.05, 0.1) is 11.6 Å². The zero-order valence-electron chi connectivity index (χ0n) is 13.4. The summed E-state index contributed by atoms with van der Waals surface area (Å²) in [6.45, 7) is 0. The molecule has 1 N–H and O–H groups in total. The average Bonchev–Trinajstić information content (AvgIpc) is 3.09. The lowest BCUT2D eigenvalue weighted by Gasteiger charge is -2.05. The molecule has 0 aliphatic carbocycles. The molecule has 0 saturated heterocycles. The van der Waals surface area contributed by atoms with E-state index in [-0.39, 0.29) is 0 Å². The summed E-state index contributed by atoms with van der Waals surface area (Å²) in [6, 6.07) is 15.1. The van der Waals surface area contributed by atoms with Crippen LogP contribution in [0.15, 0.2) is 65.3 Å². The molecule has 2 heterocycles. The number of anilines is 1. The molecule has 2 aromatic carbocycles. The maximum Gasteiger partial charge on any atom is 0.159 e. The summed E-state index contributed by atoms with van der Waals surface area (Å²) >= 11 is 13.5. The monoisotopic (exact) mass is 398 g/mol. The molecule has 0 atom stereocenters. The van der Waals surface area contributed by atoms with E-state index in [4.69, 9.17) is 23.2 Å². The predicted octanol–water partition coefficient (Wildman–Crippen LogP) is 6.11. The van der Waals surface area contributed by atoms with Crippen molar-refractivity contribution in [3.05, 3.63) is 75.8 Å². The molecule has 0 aliphatic heterocycles. The minimum Gasteiger partial charge on any atom is -0.261 e. The molecular weight excluding hydrogens is 387 g/mol. The van der Waals surface area contributed by atoms with Crippen molar-refractivity contribution in [3.63, 3.8) is 0 Å². The molecule has 7 heteroatoms. The number of thiophene rings is 1. The second-order valence-electron chi connectivity index (χ2n) is 5.48. The fraction of sp³-hybridized carbons (Fsp3) is 0. The topological polar surface area (TPSA) is 50.2 Å². The van der Waals surface area contributed by atoms with Gasteiger partial charge in [-0.2, -0.15) is 5.10 Å². The first-order valence-corrected chi connectivity index (χ1v) is 9.37. The first kappa shape index (κ1) is 17.0. The predicted molar refractivity (Wildman–Crippen MR) is 111 cm³/mol. The van der Waals surface area contributed by atoms with Crippen molar-refractivity contribution < 1.29 is 0 Å². The third-order valence-electron chi connectivity index (χ3n) is 3.78. The van der Waals surface area contributed by atoms with E-state index < -0.39 is 0 Å². The quantitative estimate of drug-likeness (QED) is 0.333. The molecule has 0 saturated carbocycles. The van der Waals surface area contributed by atoms with Gasteiger partial charge in [-0.15, -0.1) is 11.3 Å². The molecule has 0 unspecified atom stereocenters. The van der Waals surface area contributed by atoms with Gasteiger partial charge in [0, 0.05) is 21.0 Å². The number of aromatic nitrogens is 2. The molecular formula is C19H12Cl2N4S. The van der Waals surface area contributed by atoms with E-state index in [0.717, 1.165) is 26.9 Å².